The van der Waals surface area contributed by atoms with E-state index in [0.29, 0.717) is 11.5 Å². The van der Waals surface area contributed by atoms with Gasteiger partial charge in [0.25, 0.3) is 5.56 Å². The lowest BCUT2D eigenvalue weighted by Gasteiger charge is -2.08. The number of thiazole rings is 1. The largest absolute Gasteiger partial charge is 0.334 e. The number of aryl methyl sites for hydroxylation is 2. The third-order valence-corrected chi connectivity index (χ3v) is 4.75. The third kappa shape index (κ3) is 3.41. The van der Waals surface area contributed by atoms with Crippen LogP contribution in [0.2, 0.25) is 0 Å². The summed E-state index contributed by atoms with van der Waals surface area (Å²) >= 11 is 1.36. The molecule has 3 aromatic heterocycles. The summed E-state index contributed by atoms with van der Waals surface area (Å²) in [5, 5.41) is 11.6. The lowest BCUT2D eigenvalue weighted by molar-refractivity contribution is 0.251. The molecule has 0 fully saturated rings. The summed E-state index contributed by atoms with van der Waals surface area (Å²) in [6.45, 7) is 7.21. The van der Waals surface area contributed by atoms with Gasteiger partial charge in [-0.2, -0.15) is 5.10 Å². The predicted molar refractivity (Wildman–Crippen MR) is 97.2 cm³/mol. The fourth-order valence-corrected chi connectivity index (χ4v) is 3.34. The van der Waals surface area contributed by atoms with Crippen molar-refractivity contribution in [3.8, 4) is 0 Å². The third-order valence-electron chi connectivity index (χ3n) is 3.98. The molecule has 2 N–H and O–H groups in total. The van der Waals surface area contributed by atoms with Crippen molar-refractivity contribution in [2.24, 2.45) is 0 Å². The van der Waals surface area contributed by atoms with E-state index < -0.39 is 6.03 Å². The van der Waals surface area contributed by atoms with Gasteiger partial charge >= 0.3 is 6.03 Å². The molecule has 2 amide bonds. The number of carbonyl (C=O) groups is 1. The molecular formula is C16H20N6O2S. The minimum absolute atomic E-state index is 0.142. The number of nitrogens with one attached hydrogen (secondary N) is 2. The number of urea groups is 1. The van der Waals surface area contributed by atoms with Crippen LogP contribution in [0.25, 0.3) is 4.96 Å². The number of carbonyl (C=O) groups excluding carboxylic acids is 1. The second kappa shape index (κ2) is 7.06. The van der Waals surface area contributed by atoms with Gasteiger partial charge in [-0.15, -0.1) is 11.3 Å². The molecule has 0 radical (unpaired) electrons. The van der Waals surface area contributed by atoms with Gasteiger partial charge in [0.15, 0.2) is 4.96 Å². The van der Waals surface area contributed by atoms with Gasteiger partial charge in [0.05, 0.1) is 11.9 Å². The van der Waals surface area contributed by atoms with Crippen molar-refractivity contribution in [1.82, 2.24) is 24.5 Å². The highest BCUT2D eigenvalue weighted by atomic mass is 32.1. The van der Waals surface area contributed by atoms with Crippen LogP contribution in [0.15, 0.2) is 22.6 Å². The van der Waals surface area contributed by atoms with E-state index in [1.807, 2.05) is 18.5 Å². The van der Waals surface area contributed by atoms with Crippen LogP contribution in [0.5, 0.6) is 0 Å². The molecule has 0 saturated carbocycles. The Morgan fingerprint density at radius 2 is 2.16 bits per heavy atom. The van der Waals surface area contributed by atoms with Crippen LogP contribution in [0.4, 0.5) is 10.5 Å². The molecule has 0 bridgehead atoms. The normalized spacial score (nSPS) is 11.0. The zero-order valence-corrected chi connectivity index (χ0v) is 15.2. The van der Waals surface area contributed by atoms with Gasteiger partial charge in [-0.25, -0.2) is 9.78 Å². The summed E-state index contributed by atoms with van der Waals surface area (Å²) in [6.07, 6.45) is 4.01. The monoisotopic (exact) mass is 360 g/mol. The van der Waals surface area contributed by atoms with E-state index in [1.54, 1.807) is 11.6 Å². The van der Waals surface area contributed by atoms with Crippen LogP contribution in [0, 0.1) is 13.8 Å². The number of aromatic nitrogens is 4. The summed E-state index contributed by atoms with van der Waals surface area (Å²) in [4.78, 5) is 29.1. The molecular weight excluding hydrogens is 340 g/mol. The zero-order valence-electron chi connectivity index (χ0n) is 14.4. The van der Waals surface area contributed by atoms with Gasteiger partial charge in [-0.3, -0.25) is 13.9 Å². The molecule has 0 aromatic carbocycles. The van der Waals surface area contributed by atoms with E-state index >= 15 is 0 Å². The first-order chi connectivity index (χ1) is 12.0. The molecule has 0 saturated heterocycles. The maximum Gasteiger partial charge on any atom is 0.319 e. The molecule has 3 rings (SSSR count). The number of hydrogen-bond acceptors (Lipinski definition) is 5. The minimum atomic E-state index is -0.448. The highest BCUT2D eigenvalue weighted by Crippen LogP contribution is 2.13. The molecule has 0 aliphatic carbocycles. The molecule has 0 aliphatic rings. The van der Waals surface area contributed by atoms with Gasteiger partial charge in [-0.1, -0.05) is 6.92 Å². The molecule has 0 unspecified atom stereocenters. The zero-order chi connectivity index (χ0) is 18.0. The second-order valence-corrected chi connectivity index (χ2v) is 6.59. The molecule has 132 valence electrons. The molecule has 0 aliphatic heterocycles. The fraction of sp³-hybridized carbons (Fsp3) is 0.375. The van der Waals surface area contributed by atoms with Gasteiger partial charge in [0.2, 0.25) is 0 Å². The Balaban J connectivity index is 1.69. The molecule has 3 heterocycles. The van der Waals surface area contributed by atoms with Crippen molar-refractivity contribution in [3.63, 3.8) is 0 Å². The first-order valence-corrected chi connectivity index (χ1v) is 8.91. The highest BCUT2D eigenvalue weighted by molar-refractivity contribution is 7.15. The average molecular weight is 360 g/mol. The van der Waals surface area contributed by atoms with Crippen molar-refractivity contribution >= 4 is 28.0 Å². The maximum atomic E-state index is 12.3. The standard InChI is InChI=1S/C16H20N6O2S/c1-4-5-22-11(3)12(10(2)20-22)8-17-15(24)19-13-9-18-16-21(14(13)23)6-7-25-16/h6-7,9H,4-5,8H2,1-3H3,(H2,17,19,24). The van der Waals surface area contributed by atoms with Crippen LogP contribution in [0.3, 0.4) is 0 Å². The van der Waals surface area contributed by atoms with Gasteiger partial charge in [-0.05, 0) is 20.3 Å². The Morgan fingerprint density at radius 1 is 1.36 bits per heavy atom. The number of rotatable bonds is 5. The number of fused-ring (bicyclic) bond motifs is 1. The Hall–Kier alpha value is -2.68. The van der Waals surface area contributed by atoms with Gasteiger partial charge in [0, 0.05) is 35.9 Å². The molecule has 0 spiro atoms. The summed E-state index contributed by atoms with van der Waals surface area (Å²) in [6, 6.07) is -0.448. The quantitative estimate of drug-likeness (QED) is 0.730. The molecule has 8 nitrogen and oxygen atoms in total. The van der Waals surface area contributed by atoms with E-state index in [1.165, 1.54) is 21.9 Å². The SMILES string of the molecule is CCCn1nc(C)c(CNC(=O)Nc2cnc3sccn3c2=O)c1C. The van der Waals surface area contributed by atoms with Crippen LogP contribution < -0.4 is 16.2 Å². The summed E-state index contributed by atoms with van der Waals surface area (Å²) in [7, 11) is 0. The van der Waals surface area contributed by atoms with Crippen LogP contribution >= 0.6 is 11.3 Å². The number of anilines is 1. The first kappa shape index (κ1) is 17.2. The fourth-order valence-electron chi connectivity index (χ4n) is 2.66. The van der Waals surface area contributed by atoms with E-state index in [2.05, 4.69) is 27.6 Å². The van der Waals surface area contributed by atoms with Crippen molar-refractivity contribution in [2.45, 2.75) is 40.3 Å². The lowest BCUT2D eigenvalue weighted by atomic mass is 10.2. The second-order valence-electron chi connectivity index (χ2n) is 5.71. The van der Waals surface area contributed by atoms with E-state index in [-0.39, 0.29) is 11.2 Å². The summed E-state index contributed by atoms with van der Waals surface area (Å²) in [5.74, 6) is 0. The van der Waals surface area contributed by atoms with Crippen molar-refractivity contribution < 1.29 is 4.79 Å². The Kier molecular flexibility index (Phi) is 4.84. The molecule has 3 aromatic rings. The van der Waals surface area contributed by atoms with Crippen LogP contribution in [0.1, 0.15) is 30.3 Å². The molecule has 0 atom stereocenters. The van der Waals surface area contributed by atoms with E-state index in [4.69, 9.17) is 0 Å². The molecule has 9 heteroatoms. The number of hydrogen-bond donors (Lipinski definition) is 2. The predicted octanol–water partition coefficient (Wildman–Crippen LogP) is 2.30. The Labute approximate surface area is 148 Å². The smallest absolute Gasteiger partial charge is 0.319 e. The first-order valence-electron chi connectivity index (χ1n) is 8.03. The van der Waals surface area contributed by atoms with Gasteiger partial charge in [0.1, 0.15) is 5.69 Å². The molecule has 25 heavy (non-hydrogen) atoms. The minimum Gasteiger partial charge on any atom is -0.334 e. The summed E-state index contributed by atoms with van der Waals surface area (Å²) < 4.78 is 3.36. The van der Waals surface area contributed by atoms with Crippen LogP contribution in [-0.2, 0) is 13.1 Å². The Bertz CT molecular complexity index is 971. The summed E-state index contributed by atoms with van der Waals surface area (Å²) in [5.41, 5.74) is 2.77. The van der Waals surface area contributed by atoms with Crippen molar-refractivity contribution in [3.05, 3.63) is 45.1 Å². The highest BCUT2D eigenvalue weighted by Gasteiger charge is 2.13. The van der Waals surface area contributed by atoms with E-state index in [0.717, 1.165) is 29.9 Å². The average Bonchev–Trinajstić information content (AvgIpc) is 3.15. The lowest BCUT2D eigenvalue weighted by Crippen LogP contribution is -2.31. The van der Waals surface area contributed by atoms with Crippen LogP contribution in [-0.4, -0.2) is 25.2 Å². The maximum absolute atomic E-state index is 12.3. The number of amides is 2. The van der Waals surface area contributed by atoms with E-state index in [9.17, 15) is 9.59 Å². The topological polar surface area (TPSA) is 93.3 Å². The van der Waals surface area contributed by atoms with Crippen molar-refractivity contribution in [2.75, 3.05) is 5.32 Å². The Morgan fingerprint density at radius 3 is 2.92 bits per heavy atom. The van der Waals surface area contributed by atoms with Crippen molar-refractivity contribution in [1.29, 1.82) is 0 Å². The number of nitrogens with zero attached hydrogens (tertiary/aromatic N) is 4. The van der Waals surface area contributed by atoms with Gasteiger partial charge < -0.3 is 10.6 Å².